The summed E-state index contributed by atoms with van der Waals surface area (Å²) in [6.45, 7) is 3.14. The molecule has 4 heteroatoms. The second-order valence-electron chi connectivity index (χ2n) is 4.32. The van der Waals surface area contributed by atoms with Gasteiger partial charge in [0.2, 0.25) is 0 Å². The van der Waals surface area contributed by atoms with Crippen molar-refractivity contribution in [2.45, 2.75) is 26.0 Å². The molecule has 2 aromatic rings. The van der Waals surface area contributed by atoms with Crippen LogP contribution in [0.15, 0.2) is 30.3 Å². The van der Waals surface area contributed by atoms with Crippen LogP contribution >= 0.6 is 11.6 Å². The van der Waals surface area contributed by atoms with Crippen LogP contribution in [0.1, 0.15) is 18.9 Å². The standard InChI is InChI=1S/C14H17ClN2O/c1-2-12(18)9-16-8-11-7-10-5-3-4-6-13(10)17-14(11)15/h3-7,12,16,18H,2,8-9H2,1H3. The van der Waals surface area contributed by atoms with Gasteiger partial charge in [0.25, 0.3) is 0 Å². The van der Waals surface area contributed by atoms with Crippen LogP contribution in [0.3, 0.4) is 0 Å². The van der Waals surface area contributed by atoms with Gasteiger partial charge in [-0.15, -0.1) is 0 Å². The van der Waals surface area contributed by atoms with E-state index in [2.05, 4.69) is 10.3 Å². The average molecular weight is 265 g/mol. The Hall–Kier alpha value is -1.16. The molecular formula is C14H17ClN2O. The molecule has 1 aromatic carbocycles. The highest BCUT2D eigenvalue weighted by Crippen LogP contribution is 2.20. The summed E-state index contributed by atoms with van der Waals surface area (Å²) in [7, 11) is 0. The lowest BCUT2D eigenvalue weighted by atomic mass is 10.1. The van der Waals surface area contributed by atoms with Gasteiger partial charge in [0.1, 0.15) is 5.15 Å². The Balaban J connectivity index is 2.10. The molecule has 1 heterocycles. The summed E-state index contributed by atoms with van der Waals surface area (Å²) in [6, 6.07) is 9.93. The van der Waals surface area contributed by atoms with Crippen LogP contribution < -0.4 is 5.32 Å². The topological polar surface area (TPSA) is 45.1 Å². The van der Waals surface area contributed by atoms with Crippen molar-refractivity contribution in [2.75, 3.05) is 6.54 Å². The van der Waals surface area contributed by atoms with Gasteiger partial charge in [-0.05, 0) is 18.6 Å². The molecule has 2 rings (SSSR count). The second kappa shape index (κ2) is 6.14. The summed E-state index contributed by atoms with van der Waals surface area (Å²) in [5, 5.41) is 14.2. The quantitative estimate of drug-likeness (QED) is 0.817. The molecule has 0 bridgehead atoms. The number of rotatable bonds is 5. The zero-order valence-electron chi connectivity index (χ0n) is 10.4. The van der Waals surface area contributed by atoms with Crippen LogP contribution in [-0.2, 0) is 6.54 Å². The number of fused-ring (bicyclic) bond motifs is 1. The molecule has 0 spiro atoms. The molecule has 3 nitrogen and oxygen atoms in total. The van der Waals surface area contributed by atoms with Crippen LogP contribution in [-0.4, -0.2) is 22.7 Å². The molecular weight excluding hydrogens is 248 g/mol. The molecule has 1 atom stereocenters. The van der Waals surface area contributed by atoms with E-state index in [1.165, 1.54) is 0 Å². The first-order chi connectivity index (χ1) is 8.70. The number of aromatic nitrogens is 1. The maximum Gasteiger partial charge on any atom is 0.134 e. The lowest BCUT2D eigenvalue weighted by Gasteiger charge is -2.10. The summed E-state index contributed by atoms with van der Waals surface area (Å²) in [5.74, 6) is 0. The zero-order chi connectivity index (χ0) is 13.0. The lowest BCUT2D eigenvalue weighted by molar-refractivity contribution is 0.167. The Kier molecular flexibility index (Phi) is 4.53. The van der Waals surface area contributed by atoms with Crippen molar-refractivity contribution in [3.05, 3.63) is 41.0 Å². The van der Waals surface area contributed by atoms with Gasteiger partial charge in [0.15, 0.2) is 0 Å². The number of pyridine rings is 1. The van der Waals surface area contributed by atoms with Gasteiger partial charge >= 0.3 is 0 Å². The molecule has 1 unspecified atom stereocenters. The number of aliphatic hydroxyl groups is 1. The van der Waals surface area contributed by atoms with Crippen molar-refractivity contribution >= 4 is 22.5 Å². The molecule has 0 aliphatic carbocycles. The van der Waals surface area contributed by atoms with Crippen molar-refractivity contribution in [1.82, 2.24) is 10.3 Å². The summed E-state index contributed by atoms with van der Waals surface area (Å²) in [5.41, 5.74) is 1.86. The fourth-order valence-electron chi connectivity index (χ4n) is 1.78. The van der Waals surface area contributed by atoms with E-state index in [1.54, 1.807) is 0 Å². The van der Waals surface area contributed by atoms with Crippen molar-refractivity contribution in [2.24, 2.45) is 0 Å². The van der Waals surface area contributed by atoms with Crippen LogP contribution in [0.25, 0.3) is 10.9 Å². The van der Waals surface area contributed by atoms with E-state index in [-0.39, 0.29) is 6.10 Å². The number of hydrogen-bond donors (Lipinski definition) is 2. The Morgan fingerprint density at radius 3 is 2.94 bits per heavy atom. The first-order valence-corrected chi connectivity index (χ1v) is 6.51. The first-order valence-electron chi connectivity index (χ1n) is 6.13. The van der Waals surface area contributed by atoms with E-state index < -0.39 is 0 Å². The maximum absolute atomic E-state index is 9.47. The maximum atomic E-state index is 9.47. The molecule has 0 radical (unpaired) electrons. The van der Waals surface area contributed by atoms with Gasteiger partial charge in [-0.2, -0.15) is 0 Å². The van der Waals surface area contributed by atoms with Crippen molar-refractivity contribution in [3.8, 4) is 0 Å². The number of benzene rings is 1. The lowest BCUT2D eigenvalue weighted by Crippen LogP contribution is -2.25. The predicted octanol–water partition coefficient (Wildman–Crippen LogP) is 2.75. The zero-order valence-corrected chi connectivity index (χ0v) is 11.1. The van der Waals surface area contributed by atoms with Gasteiger partial charge in [0, 0.05) is 24.0 Å². The third-order valence-corrected chi connectivity index (χ3v) is 3.24. The summed E-state index contributed by atoms with van der Waals surface area (Å²) in [6.07, 6.45) is 0.439. The van der Waals surface area contributed by atoms with Gasteiger partial charge in [-0.1, -0.05) is 36.7 Å². The summed E-state index contributed by atoms with van der Waals surface area (Å²) >= 11 is 6.14. The predicted molar refractivity (Wildman–Crippen MR) is 74.8 cm³/mol. The third-order valence-electron chi connectivity index (χ3n) is 2.92. The van der Waals surface area contributed by atoms with Crippen LogP contribution in [0.5, 0.6) is 0 Å². The average Bonchev–Trinajstić information content (AvgIpc) is 2.39. The molecule has 18 heavy (non-hydrogen) atoms. The number of hydrogen-bond acceptors (Lipinski definition) is 3. The Morgan fingerprint density at radius 2 is 2.17 bits per heavy atom. The Bertz CT molecular complexity index is 530. The van der Waals surface area contributed by atoms with Crippen LogP contribution in [0, 0.1) is 0 Å². The fourth-order valence-corrected chi connectivity index (χ4v) is 1.99. The number of para-hydroxylation sites is 1. The molecule has 1 aromatic heterocycles. The number of nitrogens with one attached hydrogen (secondary N) is 1. The Labute approximate surface area is 112 Å². The minimum Gasteiger partial charge on any atom is -0.392 e. The van der Waals surface area contributed by atoms with Crippen molar-refractivity contribution in [3.63, 3.8) is 0 Å². The largest absolute Gasteiger partial charge is 0.392 e. The smallest absolute Gasteiger partial charge is 0.134 e. The monoisotopic (exact) mass is 264 g/mol. The van der Waals surface area contributed by atoms with Gasteiger partial charge in [-0.3, -0.25) is 0 Å². The highest BCUT2D eigenvalue weighted by molar-refractivity contribution is 6.30. The van der Waals surface area contributed by atoms with E-state index in [1.807, 2.05) is 37.3 Å². The van der Waals surface area contributed by atoms with E-state index in [4.69, 9.17) is 11.6 Å². The SMILES string of the molecule is CCC(O)CNCc1cc2ccccc2nc1Cl. The molecule has 0 saturated heterocycles. The number of halogens is 1. The fraction of sp³-hybridized carbons (Fsp3) is 0.357. The van der Waals surface area contributed by atoms with Crippen LogP contribution in [0.2, 0.25) is 5.15 Å². The molecule has 0 aliphatic heterocycles. The molecule has 0 saturated carbocycles. The van der Waals surface area contributed by atoms with Gasteiger partial charge in [0.05, 0.1) is 11.6 Å². The molecule has 0 amide bonds. The van der Waals surface area contributed by atoms with E-state index in [9.17, 15) is 5.11 Å². The molecule has 96 valence electrons. The minimum atomic E-state index is -0.308. The van der Waals surface area contributed by atoms with Crippen molar-refractivity contribution < 1.29 is 5.11 Å². The van der Waals surface area contributed by atoms with Crippen molar-refractivity contribution in [1.29, 1.82) is 0 Å². The molecule has 2 N–H and O–H groups in total. The highest BCUT2D eigenvalue weighted by atomic mass is 35.5. The number of aliphatic hydroxyl groups excluding tert-OH is 1. The minimum absolute atomic E-state index is 0.308. The Morgan fingerprint density at radius 1 is 1.39 bits per heavy atom. The van der Waals surface area contributed by atoms with E-state index in [0.717, 1.165) is 22.9 Å². The second-order valence-corrected chi connectivity index (χ2v) is 4.68. The van der Waals surface area contributed by atoms with Gasteiger partial charge < -0.3 is 10.4 Å². The summed E-state index contributed by atoms with van der Waals surface area (Å²) < 4.78 is 0. The molecule has 0 aliphatic rings. The summed E-state index contributed by atoms with van der Waals surface area (Å²) in [4.78, 5) is 4.36. The van der Waals surface area contributed by atoms with Crippen LogP contribution in [0.4, 0.5) is 0 Å². The molecule has 0 fully saturated rings. The number of nitrogens with zero attached hydrogens (tertiary/aromatic N) is 1. The third kappa shape index (κ3) is 3.19. The van der Waals surface area contributed by atoms with E-state index in [0.29, 0.717) is 18.2 Å². The van der Waals surface area contributed by atoms with Gasteiger partial charge in [-0.25, -0.2) is 4.98 Å². The first kappa shape index (κ1) is 13.3. The highest BCUT2D eigenvalue weighted by Gasteiger charge is 2.05. The van der Waals surface area contributed by atoms with E-state index >= 15 is 0 Å². The normalized spacial score (nSPS) is 12.8.